The molecule has 2 atom stereocenters. The average Bonchev–Trinajstić information content (AvgIpc) is 2.65. The molecule has 0 saturated carbocycles. The monoisotopic (exact) mass is 652 g/mol. The summed E-state index contributed by atoms with van der Waals surface area (Å²) < 4.78 is 10.8. The molecule has 0 radical (unpaired) electrons. The largest absolute Gasteiger partial charge is 2.00 e. The molecule has 0 aromatic heterocycles. The molecule has 0 aliphatic rings. The minimum absolute atomic E-state index is 0. The van der Waals surface area contributed by atoms with E-state index in [2.05, 4.69) is 13.8 Å². The molecule has 0 fully saturated rings. The Kier molecular flexibility index (Phi) is 20.7. The number of hydrogen-bond donors (Lipinski definition) is 0. The number of carboxylic acid groups (broad SMARTS) is 2. The van der Waals surface area contributed by atoms with Gasteiger partial charge in [-0.2, -0.15) is 0 Å². The van der Waals surface area contributed by atoms with E-state index in [0.29, 0.717) is 0 Å². The normalized spacial score (nSPS) is 14.5. The first-order valence-corrected chi connectivity index (χ1v) is 13.1. The summed E-state index contributed by atoms with van der Waals surface area (Å²) in [6.45, 7) is 19.9. The number of carbonyl (C=O) groups excluding carboxylic acids is 4. The fourth-order valence-corrected chi connectivity index (χ4v) is 3.39. The van der Waals surface area contributed by atoms with Crippen LogP contribution >= 0.6 is 0 Å². The number of carboxylic acids is 2. The molecule has 8 nitrogen and oxygen atoms in total. The number of esters is 2. The Balaban J connectivity index is -0.000000608. The zero-order chi connectivity index (χ0) is 28.8. The van der Waals surface area contributed by atoms with Gasteiger partial charge in [0.2, 0.25) is 0 Å². The summed E-state index contributed by atoms with van der Waals surface area (Å²) in [4.78, 5) is 43.8. The van der Waals surface area contributed by atoms with E-state index in [0.717, 1.165) is 51.4 Å². The smallest absolute Gasteiger partial charge is 0.550 e. The van der Waals surface area contributed by atoms with Crippen LogP contribution < -0.4 is 10.2 Å². The van der Waals surface area contributed by atoms with Crippen LogP contribution in [0.1, 0.15) is 133 Å². The van der Waals surface area contributed by atoms with Gasteiger partial charge in [-0.15, -0.1) is 0 Å². The molecule has 0 aromatic rings. The van der Waals surface area contributed by atoms with Gasteiger partial charge >= 0.3 is 60.8 Å². The molecule has 0 aliphatic heterocycles. The maximum absolute atomic E-state index is 11.5. The zero-order valence-electron chi connectivity index (χ0n) is 25.0. The molecule has 0 N–H and O–H groups in total. The van der Waals surface area contributed by atoms with Crippen molar-refractivity contribution in [1.29, 1.82) is 0 Å². The predicted octanol–water partition coefficient (Wildman–Crippen LogP) is 3.73. The van der Waals surface area contributed by atoms with Gasteiger partial charge in [-0.3, -0.25) is 9.59 Å². The summed E-state index contributed by atoms with van der Waals surface area (Å²) in [7, 11) is 0. The average molecular weight is 652 g/mol. The number of hydrogen-bond acceptors (Lipinski definition) is 8. The SMILES string of the molecule is CCCCCC(C)(OC(=O)CC(=O)[O-])C(C)(C)C.CCCCCC(C)(OC(=O)CC(=O)[O-])C(C)(C)C.[Ba+2]. The number of unbranched alkanes of at least 4 members (excludes halogenated alkanes) is 4. The molecule has 0 spiro atoms. The fourth-order valence-electron chi connectivity index (χ4n) is 3.39. The Bertz CT molecular complexity index is 648. The summed E-state index contributed by atoms with van der Waals surface area (Å²) in [5.74, 6) is -4.23. The van der Waals surface area contributed by atoms with E-state index in [1.54, 1.807) is 0 Å². The summed E-state index contributed by atoms with van der Waals surface area (Å²) in [5.41, 5.74) is -1.76. The number of ether oxygens (including phenoxy) is 2. The Morgan fingerprint density at radius 2 is 0.838 bits per heavy atom. The van der Waals surface area contributed by atoms with Crippen LogP contribution in [0.25, 0.3) is 0 Å². The van der Waals surface area contributed by atoms with Crippen LogP contribution in [0.4, 0.5) is 0 Å². The third-order valence-electron chi connectivity index (χ3n) is 6.94. The standard InChI is InChI=1S/2C14H26O4.Ba/c2*1-6-7-8-9-14(5,13(2,3)4)18-12(17)10-11(15)16;/h2*6-10H2,1-5H3,(H,15,16);/q;;+2/p-2. The first-order valence-electron chi connectivity index (χ1n) is 13.1. The van der Waals surface area contributed by atoms with Gasteiger partial charge in [0.1, 0.15) is 11.2 Å². The molecule has 0 saturated heterocycles. The van der Waals surface area contributed by atoms with Crippen molar-refractivity contribution in [2.75, 3.05) is 0 Å². The molecule has 0 aliphatic carbocycles. The van der Waals surface area contributed by atoms with Crippen molar-refractivity contribution in [2.45, 2.75) is 145 Å². The molecule has 2 unspecified atom stereocenters. The first-order chi connectivity index (χ1) is 16.2. The van der Waals surface area contributed by atoms with E-state index in [-0.39, 0.29) is 59.7 Å². The van der Waals surface area contributed by atoms with Gasteiger partial charge in [0.15, 0.2) is 0 Å². The molecule has 0 aromatic carbocycles. The Morgan fingerprint density at radius 1 is 0.568 bits per heavy atom. The minimum atomic E-state index is -1.40. The maximum Gasteiger partial charge on any atom is 2.00 e. The van der Waals surface area contributed by atoms with Crippen molar-refractivity contribution in [1.82, 2.24) is 0 Å². The van der Waals surface area contributed by atoms with Gasteiger partial charge in [-0.05, 0) is 39.5 Å². The molecule has 0 heterocycles. The maximum atomic E-state index is 11.5. The van der Waals surface area contributed by atoms with Gasteiger partial charge in [-0.25, -0.2) is 0 Å². The number of aliphatic carboxylic acids is 2. The van der Waals surface area contributed by atoms with Crippen molar-refractivity contribution < 1.29 is 38.9 Å². The minimum Gasteiger partial charge on any atom is -0.550 e. The second-order valence-electron chi connectivity index (χ2n) is 11.9. The molecule has 0 amide bonds. The number of rotatable bonds is 14. The van der Waals surface area contributed by atoms with Gasteiger partial charge in [-0.1, -0.05) is 81.1 Å². The zero-order valence-corrected chi connectivity index (χ0v) is 29.5. The third-order valence-corrected chi connectivity index (χ3v) is 6.94. The Morgan fingerprint density at radius 3 is 1.03 bits per heavy atom. The van der Waals surface area contributed by atoms with Crippen molar-refractivity contribution >= 4 is 72.8 Å². The van der Waals surface area contributed by atoms with E-state index >= 15 is 0 Å². The van der Waals surface area contributed by atoms with Crippen molar-refractivity contribution in [2.24, 2.45) is 10.8 Å². The van der Waals surface area contributed by atoms with Gasteiger partial charge in [0.25, 0.3) is 0 Å². The van der Waals surface area contributed by atoms with E-state index in [9.17, 15) is 29.4 Å². The van der Waals surface area contributed by atoms with Crippen LogP contribution in [0.15, 0.2) is 0 Å². The molecule has 0 bridgehead atoms. The van der Waals surface area contributed by atoms with Gasteiger partial charge in [0.05, 0.1) is 24.8 Å². The van der Waals surface area contributed by atoms with Crippen LogP contribution in [-0.2, 0) is 28.7 Å². The summed E-state index contributed by atoms with van der Waals surface area (Å²) in [6.07, 6.45) is 6.37. The summed E-state index contributed by atoms with van der Waals surface area (Å²) in [5, 5.41) is 20.8. The quantitative estimate of drug-likeness (QED) is 0.120. The topological polar surface area (TPSA) is 133 Å². The van der Waals surface area contributed by atoms with Crippen molar-refractivity contribution in [3.05, 3.63) is 0 Å². The van der Waals surface area contributed by atoms with Crippen LogP contribution in [0.2, 0.25) is 0 Å². The third kappa shape index (κ3) is 17.6. The second-order valence-corrected chi connectivity index (χ2v) is 11.9. The Hall–Kier alpha value is -0.549. The van der Waals surface area contributed by atoms with Crippen LogP contribution in [0.3, 0.4) is 0 Å². The van der Waals surface area contributed by atoms with Gasteiger partial charge < -0.3 is 29.3 Å². The number of carbonyl (C=O) groups is 4. The van der Waals surface area contributed by atoms with Crippen molar-refractivity contribution in [3.8, 4) is 0 Å². The molecule has 37 heavy (non-hydrogen) atoms. The van der Waals surface area contributed by atoms with Crippen LogP contribution in [-0.4, -0.2) is 84.0 Å². The predicted molar refractivity (Wildman–Crippen MR) is 141 cm³/mol. The molecular formula is C28H50BaO8. The molecule has 212 valence electrons. The molecular weight excluding hydrogens is 602 g/mol. The molecule has 0 rings (SSSR count). The van der Waals surface area contributed by atoms with E-state index < -0.39 is 47.9 Å². The summed E-state index contributed by atoms with van der Waals surface area (Å²) >= 11 is 0. The van der Waals surface area contributed by atoms with Crippen molar-refractivity contribution in [3.63, 3.8) is 0 Å². The molecule has 9 heteroatoms. The Labute approximate surface area is 265 Å². The van der Waals surface area contributed by atoms with E-state index in [1.807, 2.05) is 55.4 Å². The summed E-state index contributed by atoms with van der Waals surface area (Å²) in [6, 6.07) is 0. The first kappa shape index (κ1) is 40.9. The van der Waals surface area contributed by atoms with Gasteiger partial charge in [0, 0.05) is 10.8 Å². The second kappa shape index (κ2) is 18.7. The van der Waals surface area contributed by atoms with Crippen LogP contribution in [0.5, 0.6) is 0 Å². The van der Waals surface area contributed by atoms with E-state index in [1.165, 1.54) is 0 Å². The fraction of sp³-hybridized carbons (Fsp3) is 0.857. The van der Waals surface area contributed by atoms with E-state index in [4.69, 9.17) is 9.47 Å². The van der Waals surface area contributed by atoms with Crippen LogP contribution in [0, 0.1) is 10.8 Å².